The Morgan fingerprint density at radius 1 is 1.35 bits per heavy atom. The number of carbonyl (C=O) groups excluding carboxylic acids is 3. The molecule has 1 N–H and O–H groups in total. The lowest BCUT2D eigenvalue weighted by Gasteiger charge is -2.48. The molecule has 0 radical (unpaired) electrons. The molecule has 0 unspecified atom stereocenters. The fraction of sp³-hybridized carbons (Fsp3) is 0.706. The number of hydrogen-bond donors (Lipinski definition) is 1. The third-order valence-corrected chi connectivity index (χ3v) is 9.76. The molecule has 1 amide bonds. The zero-order chi connectivity index (χ0) is 19.9. The zero-order valence-corrected chi connectivity index (χ0v) is 17.2. The maximum atomic E-state index is 12.2. The molecule has 8 nitrogen and oxygen atoms in total. The molecule has 2 rings (SSSR count). The molecule has 0 spiro atoms. The fourth-order valence-corrected chi connectivity index (χ4v) is 4.17. The van der Waals surface area contributed by atoms with E-state index in [1.807, 2.05) is 6.92 Å². The fourth-order valence-electron chi connectivity index (χ4n) is 2.74. The van der Waals surface area contributed by atoms with Crippen molar-refractivity contribution in [3.8, 4) is 0 Å². The minimum atomic E-state index is -2.12. The van der Waals surface area contributed by atoms with Crippen LogP contribution in [-0.4, -0.2) is 44.1 Å². The lowest BCUT2D eigenvalue weighted by atomic mass is 9.81. The molecular weight excluding hydrogens is 358 g/mol. The van der Waals surface area contributed by atoms with E-state index in [2.05, 4.69) is 44.1 Å². The van der Waals surface area contributed by atoms with Crippen molar-refractivity contribution in [2.45, 2.75) is 70.7 Å². The van der Waals surface area contributed by atoms with Crippen molar-refractivity contribution in [1.29, 1.82) is 0 Å². The molecule has 26 heavy (non-hydrogen) atoms. The molecule has 4 atom stereocenters. The van der Waals surface area contributed by atoms with Gasteiger partial charge >= 0.3 is 11.9 Å². The zero-order valence-electron chi connectivity index (χ0n) is 16.2. The third-order valence-electron chi connectivity index (χ3n) is 5.19. The summed E-state index contributed by atoms with van der Waals surface area (Å²) in [4.78, 5) is 44.7. The molecule has 2 heterocycles. The van der Waals surface area contributed by atoms with E-state index in [1.54, 1.807) is 0 Å². The molecule has 0 bridgehead atoms. The van der Waals surface area contributed by atoms with Gasteiger partial charge in [0.25, 0.3) is 5.79 Å². The number of rotatable bonds is 6. The predicted octanol–water partition coefficient (Wildman–Crippen LogP) is 1.82. The van der Waals surface area contributed by atoms with Gasteiger partial charge in [0.1, 0.15) is 6.04 Å². The lowest BCUT2D eigenvalue weighted by Crippen LogP contribution is -2.72. The summed E-state index contributed by atoms with van der Waals surface area (Å²) in [5, 5.41) is 2.65. The second-order valence-corrected chi connectivity index (χ2v) is 13.0. The third kappa shape index (κ3) is 3.84. The summed E-state index contributed by atoms with van der Waals surface area (Å²) in [6.45, 7) is 13.5. The van der Waals surface area contributed by atoms with Crippen LogP contribution in [0.4, 0.5) is 0 Å². The smallest absolute Gasteiger partial charge is 0.339 e. The van der Waals surface area contributed by atoms with Gasteiger partial charge in [0.15, 0.2) is 8.32 Å². The number of carbonyl (C=O) groups is 3. The first-order chi connectivity index (χ1) is 11.8. The highest BCUT2D eigenvalue weighted by Gasteiger charge is 2.60. The molecule has 0 aromatic carbocycles. The number of esters is 1. The van der Waals surface area contributed by atoms with Crippen LogP contribution in [-0.2, 0) is 33.3 Å². The van der Waals surface area contributed by atoms with Crippen LogP contribution in [0.15, 0.2) is 12.2 Å². The Morgan fingerprint density at radius 3 is 2.38 bits per heavy atom. The first kappa shape index (κ1) is 20.6. The topological polar surface area (TPSA) is 100 Å². The number of ether oxygens (including phenoxy) is 1. The summed E-state index contributed by atoms with van der Waals surface area (Å²) >= 11 is 0. The predicted molar refractivity (Wildman–Crippen MR) is 94.0 cm³/mol. The van der Waals surface area contributed by atoms with Crippen LogP contribution in [0.1, 0.15) is 34.6 Å². The van der Waals surface area contributed by atoms with Gasteiger partial charge < -0.3 is 14.5 Å². The highest BCUT2D eigenvalue weighted by molar-refractivity contribution is 6.74. The Morgan fingerprint density at radius 2 is 1.96 bits per heavy atom. The largest absolute Gasteiger partial charge is 0.420 e. The molecule has 2 aliphatic heterocycles. The van der Waals surface area contributed by atoms with Crippen molar-refractivity contribution >= 4 is 26.2 Å². The number of β-lactam (4-membered cyclic amide) rings is 1. The van der Waals surface area contributed by atoms with Crippen molar-refractivity contribution in [2.75, 3.05) is 0 Å². The lowest BCUT2D eigenvalue weighted by molar-refractivity contribution is -0.384. The van der Waals surface area contributed by atoms with Crippen LogP contribution in [0.2, 0.25) is 18.1 Å². The molecule has 2 aliphatic rings. The maximum absolute atomic E-state index is 12.2. The number of hydrogen-bond acceptors (Lipinski definition) is 7. The average Bonchev–Trinajstić information content (AvgIpc) is 2.82. The molecule has 0 aromatic rings. The van der Waals surface area contributed by atoms with Gasteiger partial charge in [-0.05, 0) is 25.1 Å². The van der Waals surface area contributed by atoms with Gasteiger partial charge in [0, 0.05) is 19.1 Å². The molecule has 0 aromatic heterocycles. The van der Waals surface area contributed by atoms with Gasteiger partial charge in [-0.1, -0.05) is 20.8 Å². The summed E-state index contributed by atoms with van der Waals surface area (Å²) in [5.74, 6) is -3.88. The molecular formula is C17H27NO7Si. The van der Waals surface area contributed by atoms with Crippen LogP contribution in [0.3, 0.4) is 0 Å². The van der Waals surface area contributed by atoms with Crippen LogP contribution < -0.4 is 5.32 Å². The van der Waals surface area contributed by atoms with Crippen LogP contribution in [0, 0.1) is 5.92 Å². The highest BCUT2D eigenvalue weighted by atomic mass is 28.4. The summed E-state index contributed by atoms with van der Waals surface area (Å²) in [6.07, 6.45) is 2.08. The van der Waals surface area contributed by atoms with E-state index in [1.165, 1.54) is 12.2 Å². The van der Waals surface area contributed by atoms with E-state index in [4.69, 9.17) is 14.1 Å². The molecule has 1 fully saturated rings. The summed E-state index contributed by atoms with van der Waals surface area (Å²) in [6, 6.07) is -0.725. The van der Waals surface area contributed by atoms with Crippen molar-refractivity contribution < 1.29 is 33.3 Å². The molecule has 9 heteroatoms. The Labute approximate surface area is 154 Å². The van der Waals surface area contributed by atoms with E-state index < -0.39 is 44.1 Å². The molecule has 0 aliphatic carbocycles. The number of amides is 1. The van der Waals surface area contributed by atoms with Crippen molar-refractivity contribution in [3.05, 3.63) is 12.2 Å². The second kappa shape index (κ2) is 6.79. The van der Waals surface area contributed by atoms with Gasteiger partial charge in [0.2, 0.25) is 5.91 Å². The quantitative estimate of drug-likeness (QED) is 0.245. The van der Waals surface area contributed by atoms with Gasteiger partial charge in [-0.15, -0.1) is 4.89 Å². The van der Waals surface area contributed by atoms with Crippen LogP contribution in [0.25, 0.3) is 0 Å². The summed E-state index contributed by atoms with van der Waals surface area (Å²) < 4.78 is 11.5. The molecule has 0 saturated carbocycles. The summed E-state index contributed by atoms with van der Waals surface area (Å²) in [5.41, 5.74) is 0. The van der Waals surface area contributed by atoms with Crippen molar-refractivity contribution in [2.24, 2.45) is 5.92 Å². The monoisotopic (exact) mass is 385 g/mol. The van der Waals surface area contributed by atoms with E-state index in [0.717, 1.165) is 6.92 Å². The first-order valence-electron chi connectivity index (χ1n) is 8.56. The van der Waals surface area contributed by atoms with Gasteiger partial charge in [-0.25, -0.2) is 9.59 Å². The number of cyclic esters (lactones) is 1. The maximum Gasteiger partial charge on any atom is 0.339 e. The van der Waals surface area contributed by atoms with E-state index in [0.29, 0.717) is 0 Å². The summed E-state index contributed by atoms with van der Waals surface area (Å²) in [7, 11) is -2.12. The standard InChI is InChI=1S/C17H27NO7Si/c1-10(24-26(6,7)16(3,4)5)13-14(18-15(13)21)17(25-23-11(2)19)9-8-12(20)22-17/h8-10,13-14H,1-7H3,(H,18,21)/t10-,13-,14-,17-/m1/s1. The minimum absolute atomic E-state index is 0.0252. The Bertz CT molecular complexity index is 640. The minimum Gasteiger partial charge on any atom is -0.420 e. The second-order valence-electron chi connectivity index (χ2n) is 8.23. The van der Waals surface area contributed by atoms with E-state index in [9.17, 15) is 14.4 Å². The van der Waals surface area contributed by atoms with Crippen LogP contribution >= 0.6 is 0 Å². The Kier molecular flexibility index (Phi) is 5.38. The Balaban J connectivity index is 2.20. The molecule has 146 valence electrons. The first-order valence-corrected chi connectivity index (χ1v) is 11.5. The Hall–Kier alpha value is -1.71. The van der Waals surface area contributed by atoms with Gasteiger partial charge in [-0.3, -0.25) is 9.68 Å². The normalized spacial score (nSPS) is 29.7. The van der Waals surface area contributed by atoms with Gasteiger partial charge in [-0.2, -0.15) is 0 Å². The van der Waals surface area contributed by atoms with Crippen molar-refractivity contribution in [3.63, 3.8) is 0 Å². The van der Waals surface area contributed by atoms with E-state index in [-0.39, 0.29) is 10.9 Å². The van der Waals surface area contributed by atoms with Crippen LogP contribution in [0.5, 0.6) is 0 Å². The molecule has 1 saturated heterocycles. The van der Waals surface area contributed by atoms with Gasteiger partial charge in [0.05, 0.1) is 12.0 Å². The highest BCUT2D eigenvalue weighted by Crippen LogP contribution is 2.41. The SMILES string of the molecule is CC(=O)OO[C@@]1([C@@H]2NC(=O)[C@@H]2[C@@H](C)O[Si](C)(C)C(C)(C)C)C=CC(=O)O1. The average molecular weight is 385 g/mol. The van der Waals surface area contributed by atoms with E-state index >= 15 is 0 Å². The van der Waals surface area contributed by atoms with Crippen molar-refractivity contribution in [1.82, 2.24) is 5.32 Å². The number of nitrogens with one attached hydrogen (secondary N) is 1.